The number of hydrogen-bond acceptors (Lipinski definition) is 1. The molecule has 0 atom stereocenters. The van der Waals surface area contributed by atoms with E-state index in [9.17, 15) is 24.2 Å². The van der Waals surface area contributed by atoms with E-state index in [1.165, 1.54) is 0 Å². The van der Waals surface area contributed by atoms with Crippen LogP contribution in [-0.2, 0) is 0 Å². The quantitative estimate of drug-likeness (QED) is 0.548. The summed E-state index contributed by atoms with van der Waals surface area (Å²) in [5, 5.41) is -1.22. The fourth-order valence-corrected chi connectivity index (χ4v) is 2.28. The van der Waals surface area contributed by atoms with Crippen molar-refractivity contribution >= 4 is 27.1 Å². The smallest absolute Gasteiger partial charge is 0.276 e. The average Bonchev–Trinajstić information content (AvgIpc) is 1.99. The van der Waals surface area contributed by atoms with Crippen molar-refractivity contribution in [2.75, 3.05) is 0 Å². The Morgan fingerprint density at radius 2 is 1.69 bits per heavy atom. The molecule has 0 bridgehead atoms. The topological polar surface area (TPSA) is 17.1 Å². The lowest BCUT2D eigenvalue weighted by Gasteiger charge is -2.41. The summed E-state index contributed by atoms with van der Waals surface area (Å²) in [5.74, 6) is 0. The zero-order valence-corrected chi connectivity index (χ0v) is 9.39. The largest absolute Gasteiger partial charge is 0.310 e. The minimum absolute atomic E-state index is 0.0756. The third kappa shape index (κ3) is 2.85. The molecule has 1 nitrogen and oxygen atoms in total. The summed E-state index contributed by atoms with van der Waals surface area (Å²) in [6.07, 6.45) is 0. The van der Waals surface area contributed by atoms with Gasteiger partial charge in [-0.2, -0.15) is 0 Å². The lowest BCUT2D eigenvalue weighted by molar-refractivity contribution is 0.108. The molecule has 1 aromatic rings. The van der Waals surface area contributed by atoms with Crippen LogP contribution in [0.1, 0.15) is 15.9 Å². The van der Waals surface area contributed by atoms with Gasteiger partial charge in [0.1, 0.15) is 4.90 Å². The van der Waals surface area contributed by atoms with Crippen molar-refractivity contribution in [2.24, 2.45) is 0 Å². The van der Waals surface area contributed by atoms with Crippen LogP contribution in [0.15, 0.2) is 23.1 Å². The second-order valence-electron chi connectivity index (χ2n) is 3.22. The lowest BCUT2D eigenvalue weighted by atomic mass is 10.2. The highest BCUT2D eigenvalue weighted by atomic mass is 35.5. The highest BCUT2D eigenvalue weighted by Crippen LogP contribution is 3.02. The summed E-state index contributed by atoms with van der Waals surface area (Å²) >= 11 is 4.93. The standard InChI is InChI=1S/C8H6ClF5OS/c1-5-2-3-6(8(9)15)4-7(5)16(10,11,12,13)14/h2-4H,1H3. The molecule has 0 aliphatic carbocycles. The van der Waals surface area contributed by atoms with E-state index < -0.39 is 31.5 Å². The third-order valence-electron chi connectivity index (χ3n) is 1.83. The molecule has 0 heterocycles. The van der Waals surface area contributed by atoms with E-state index in [2.05, 4.69) is 0 Å². The molecule has 1 rings (SSSR count). The summed E-state index contributed by atoms with van der Waals surface area (Å²) in [4.78, 5) is 8.53. The normalized spacial score (nSPS) is 16.4. The van der Waals surface area contributed by atoms with Crippen molar-refractivity contribution < 1.29 is 24.2 Å². The molecule has 0 saturated heterocycles. The van der Waals surface area contributed by atoms with Gasteiger partial charge in [0.15, 0.2) is 0 Å². The average molecular weight is 281 g/mol. The third-order valence-corrected chi connectivity index (χ3v) is 3.32. The first-order valence-corrected chi connectivity index (χ1v) is 6.19. The summed E-state index contributed by atoms with van der Waals surface area (Å²) in [6, 6.07) is 1.81. The van der Waals surface area contributed by atoms with Gasteiger partial charge in [0.05, 0.1) is 0 Å². The van der Waals surface area contributed by atoms with Crippen LogP contribution < -0.4 is 0 Å². The van der Waals surface area contributed by atoms with Gasteiger partial charge in [-0.05, 0) is 36.2 Å². The van der Waals surface area contributed by atoms with E-state index in [1.54, 1.807) is 0 Å². The van der Waals surface area contributed by atoms with Gasteiger partial charge in [-0.25, -0.2) is 0 Å². The van der Waals surface area contributed by atoms with Crippen LogP contribution in [0.5, 0.6) is 0 Å². The second kappa shape index (κ2) is 2.89. The van der Waals surface area contributed by atoms with Crippen molar-refractivity contribution in [2.45, 2.75) is 11.8 Å². The van der Waals surface area contributed by atoms with Crippen molar-refractivity contribution in [1.82, 2.24) is 0 Å². The van der Waals surface area contributed by atoms with E-state index in [1.807, 2.05) is 0 Å². The molecule has 0 aromatic heterocycles. The highest BCUT2D eigenvalue weighted by molar-refractivity contribution is 8.45. The first-order chi connectivity index (χ1) is 6.81. The van der Waals surface area contributed by atoms with E-state index in [-0.39, 0.29) is 6.07 Å². The Hall–Kier alpha value is -0.820. The molecule has 0 spiro atoms. The van der Waals surface area contributed by atoms with Crippen LogP contribution in [0.3, 0.4) is 0 Å². The Morgan fingerprint density at radius 1 is 1.19 bits per heavy atom. The van der Waals surface area contributed by atoms with E-state index in [4.69, 9.17) is 11.6 Å². The predicted molar refractivity (Wildman–Crippen MR) is 52.8 cm³/mol. The summed E-state index contributed by atoms with van der Waals surface area (Å²) in [5.41, 5.74) is -1.27. The van der Waals surface area contributed by atoms with Crippen molar-refractivity contribution in [3.8, 4) is 0 Å². The molecule has 16 heavy (non-hydrogen) atoms. The molecule has 0 N–H and O–H groups in total. The van der Waals surface area contributed by atoms with Crippen LogP contribution in [-0.4, -0.2) is 5.24 Å². The first-order valence-electron chi connectivity index (χ1n) is 3.86. The molecule has 0 fully saturated rings. The monoisotopic (exact) mass is 280 g/mol. The molecule has 92 valence electrons. The van der Waals surface area contributed by atoms with Crippen LogP contribution >= 0.6 is 21.8 Å². The Morgan fingerprint density at radius 3 is 2.06 bits per heavy atom. The molecule has 1 aromatic carbocycles. The summed E-state index contributed by atoms with van der Waals surface area (Å²) in [6.45, 7) is 0.885. The Bertz CT molecular complexity index is 466. The highest BCUT2D eigenvalue weighted by Gasteiger charge is 2.66. The second-order valence-corrected chi connectivity index (χ2v) is 5.94. The Balaban J connectivity index is 3.59. The maximum Gasteiger partial charge on any atom is 0.310 e. The van der Waals surface area contributed by atoms with Gasteiger partial charge in [0, 0.05) is 5.56 Å². The zero-order valence-electron chi connectivity index (χ0n) is 7.82. The van der Waals surface area contributed by atoms with Crippen molar-refractivity contribution in [3.05, 3.63) is 29.3 Å². The molecule has 0 unspecified atom stereocenters. The first kappa shape index (κ1) is 13.2. The minimum Gasteiger partial charge on any atom is -0.276 e. The molecule has 8 heteroatoms. The number of aryl methyl sites for hydroxylation is 1. The maximum atomic E-state index is 12.5. The number of carbonyl (C=O) groups excluding carboxylic acids is 1. The van der Waals surface area contributed by atoms with Gasteiger partial charge >= 0.3 is 10.2 Å². The molecule has 0 aliphatic rings. The predicted octanol–water partition coefficient (Wildman–Crippen LogP) is 5.03. The fourth-order valence-electron chi connectivity index (χ4n) is 1.14. The maximum absolute atomic E-state index is 12.5. The van der Waals surface area contributed by atoms with Crippen molar-refractivity contribution in [1.29, 1.82) is 0 Å². The minimum atomic E-state index is -9.77. The lowest BCUT2D eigenvalue weighted by Crippen LogP contribution is -2.09. The number of benzene rings is 1. The van der Waals surface area contributed by atoms with Gasteiger partial charge < -0.3 is 0 Å². The Labute approximate surface area is 92.9 Å². The van der Waals surface area contributed by atoms with Crippen LogP contribution in [0.2, 0.25) is 0 Å². The number of carbonyl (C=O) groups is 1. The van der Waals surface area contributed by atoms with E-state index in [0.717, 1.165) is 19.1 Å². The SMILES string of the molecule is Cc1ccc(C(=O)Cl)cc1S(F)(F)(F)(F)F. The molecule has 0 radical (unpaired) electrons. The van der Waals surface area contributed by atoms with Crippen LogP contribution in [0, 0.1) is 6.92 Å². The molecular formula is C8H6ClF5OS. The zero-order chi connectivity index (χ0) is 12.8. The summed E-state index contributed by atoms with van der Waals surface area (Å²) in [7, 11) is -9.77. The van der Waals surface area contributed by atoms with E-state index in [0.29, 0.717) is 0 Å². The summed E-state index contributed by atoms with van der Waals surface area (Å²) < 4.78 is 62.5. The molecular weight excluding hydrogens is 275 g/mol. The van der Waals surface area contributed by atoms with E-state index >= 15 is 0 Å². The number of hydrogen-bond donors (Lipinski definition) is 0. The Kier molecular flexibility index (Phi) is 2.39. The number of rotatable bonds is 2. The van der Waals surface area contributed by atoms with Gasteiger partial charge in [0.25, 0.3) is 5.24 Å². The van der Waals surface area contributed by atoms with Crippen molar-refractivity contribution in [3.63, 3.8) is 0 Å². The van der Waals surface area contributed by atoms with Crippen LogP contribution in [0.25, 0.3) is 0 Å². The van der Waals surface area contributed by atoms with Gasteiger partial charge in [-0.1, -0.05) is 25.5 Å². The van der Waals surface area contributed by atoms with Gasteiger partial charge in [-0.15, -0.1) is 0 Å². The number of halogens is 6. The molecule has 0 saturated carbocycles. The van der Waals surface area contributed by atoms with Gasteiger partial charge in [-0.3, -0.25) is 4.79 Å². The van der Waals surface area contributed by atoms with Crippen LogP contribution in [0.4, 0.5) is 19.4 Å². The fraction of sp³-hybridized carbons (Fsp3) is 0.125. The van der Waals surface area contributed by atoms with Gasteiger partial charge in [0.2, 0.25) is 0 Å². The molecule has 0 amide bonds. The molecule has 0 aliphatic heterocycles.